The highest BCUT2D eigenvalue weighted by Crippen LogP contribution is 2.09. The van der Waals surface area contributed by atoms with Gasteiger partial charge in [0.25, 0.3) is 0 Å². The van der Waals surface area contributed by atoms with Crippen LogP contribution in [0.2, 0.25) is 0 Å². The van der Waals surface area contributed by atoms with Gasteiger partial charge in [-0.3, -0.25) is 0 Å². The third-order valence-corrected chi connectivity index (χ3v) is 1.82. The predicted molar refractivity (Wildman–Crippen MR) is 53.9 cm³/mol. The molecule has 5 nitrogen and oxygen atoms in total. The molecule has 0 radical (unpaired) electrons. The highest BCUT2D eigenvalue weighted by atomic mass is 16.5. The fourth-order valence-electron chi connectivity index (χ4n) is 1.10. The first-order chi connectivity index (χ1) is 7.06. The topological polar surface area (TPSA) is 87.0 Å². The standard InChI is InChI=1S/C9H11BO5/c1-2-15-9(12)6-3-4-8(11)7(5-6)10(13)14/h3-5,11,13-14H,2H2,1H3. The van der Waals surface area contributed by atoms with Crippen LogP contribution in [0.15, 0.2) is 18.2 Å². The van der Waals surface area contributed by atoms with Crippen LogP contribution >= 0.6 is 0 Å². The van der Waals surface area contributed by atoms with Gasteiger partial charge in [0.2, 0.25) is 0 Å². The summed E-state index contributed by atoms with van der Waals surface area (Å²) in [5.74, 6) is -0.850. The quantitative estimate of drug-likeness (QED) is 0.451. The van der Waals surface area contributed by atoms with Crippen LogP contribution in [0, 0.1) is 0 Å². The summed E-state index contributed by atoms with van der Waals surface area (Å²) < 4.78 is 4.72. The van der Waals surface area contributed by atoms with E-state index in [4.69, 9.17) is 14.8 Å². The Morgan fingerprint density at radius 1 is 1.47 bits per heavy atom. The van der Waals surface area contributed by atoms with Crippen molar-refractivity contribution in [3.8, 4) is 5.75 Å². The van der Waals surface area contributed by atoms with Crippen molar-refractivity contribution >= 4 is 18.6 Å². The van der Waals surface area contributed by atoms with Crippen molar-refractivity contribution in [2.24, 2.45) is 0 Å². The molecule has 1 aromatic rings. The van der Waals surface area contributed by atoms with Crippen LogP contribution in [0.1, 0.15) is 17.3 Å². The first-order valence-corrected chi connectivity index (χ1v) is 4.42. The van der Waals surface area contributed by atoms with Gasteiger partial charge in [-0.15, -0.1) is 0 Å². The van der Waals surface area contributed by atoms with Crippen molar-refractivity contribution in [2.75, 3.05) is 6.61 Å². The molecule has 80 valence electrons. The van der Waals surface area contributed by atoms with E-state index in [2.05, 4.69) is 0 Å². The fraction of sp³-hybridized carbons (Fsp3) is 0.222. The average molecular weight is 210 g/mol. The molecule has 1 rings (SSSR count). The minimum absolute atomic E-state index is 0.124. The summed E-state index contributed by atoms with van der Waals surface area (Å²) in [5.41, 5.74) is 0.0401. The lowest BCUT2D eigenvalue weighted by atomic mass is 9.79. The largest absolute Gasteiger partial charge is 0.508 e. The van der Waals surface area contributed by atoms with E-state index in [1.54, 1.807) is 6.92 Å². The monoisotopic (exact) mass is 210 g/mol. The number of hydrogen-bond donors (Lipinski definition) is 3. The lowest BCUT2D eigenvalue weighted by Crippen LogP contribution is -2.30. The maximum absolute atomic E-state index is 11.3. The van der Waals surface area contributed by atoms with Gasteiger partial charge in [0.1, 0.15) is 5.75 Å². The van der Waals surface area contributed by atoms with E-state index in [0.717, 1.165) is 0 Å². The van der Waals surface area contributed by atoms with Crippen LogP contribution in [-0.2, 0) is 4.74 Å². The van der Waals surface area contributed by atoms with Gasteiger partial charge < -0.3 is 19.9 Å². The second-order valence-corrected chi connectivity index (χ2v) is 2.87. The van der Waals surface area contributed by atoms with Crippen molar-refractivity contribution in [2.45, 2.75) is 6.92 Å². The minimum atomic E-state index is -1.82. The van der Waals surface area contributed by atoms with Crippen molar-refractivity contribution in [3.63, 3.8) is 0 Å². The Morgan fingerprint density at radius 3 is 2.67 bits per heavy atom. The van der Waals surface area contributed by atoms with Crippen molar-refractivity contribution in [1.82, 2.24) is 0 Å². The molecular weight excluding hydrogens is 199 g/mol. The Labute approximate surface area is 87.1 Å². The Kier molecular flexibility index (Phi) is 3.71. The molecule has 0 spiro atoms. The number of benzene rings is 1. The maximum Gasteiger partial charge on any atom is 0.492 e. The maximum atomic E-state index is 11.3. The normalized spacial score (nSPS) is 9.80. The zero-order valence-corrected chi connectivity index (χ0v) is 8.17. The lowest BCUT2D eigenvalue weighted by molar-refractivity contribution is 0.0526. The van der Waals surface area contributed by atoms with Gasteiger partial charge in [-0.25, -0.2) is 4.79 Å². The van der Waals surface area contributed by atoms with Crippen molar-refractivity contribution in [1.29, 1.82) is 0 Å². The molecule has 0 aliphatic rings. The lowest BCUT2D eigenvalue weighted by Gasteiger charge is -2.06. The van der Waals surface area contributed by atoms with E-state index in [0.29, 0.717) is 0 Å². The summed E-state index contributed by atoms with van der Waals surface area (Å²) in [5, 5.41) is 27.0. The Morgan fingerprint density at radius 2 is 2.13 bits per heavy atom. The van der Waals surface area contributed by atoms with Crippen LogP contribution < -0.4 is 5.46 Å². The molecule has 0 atom stereocenters. The van der Waals surface area contributed by atoms with Gasteiger partial charge in [-0.1, -0.05) is 0 Å². The van der Waals surface area contributed by atoms with Crippen LogP contribution in [0.25, 0.3) is 0 Å². The molecule has 0 saturated heterocycles. The SMILES string of the molecule is CCOC(=O)c1ccc(O)c(B(O)O)c1. The van der Waals surface area contributed by atoms with Crippen LogP contribution in [0.5, 0.6) is 5.75 Å². The van der Waals surface area contributed by atoms with Crippen LogP contribution in [-0.4, -0.2) is 34.8 Å². The van der Waals surface area contributed by atoms with Gasteiger partial charge in [-0.05, 0) is 25.1 Å². The third-order valence-electron chi connectivity index (χ3n) is 1.82. The molecule has 1 aromatic carbocycles. The van der Waals surface area contributed by atoms with E-state index in [-0.39, 0.29) is 23.4 Å². The number of rotatable bonds is 3. The highest BCUT2D eigenvalue weighted by Gasteiger charge is 2.18. The molecule has 0 bridgehead atoms. The summed E-state index contributed by atoms with van der Waals surface area (Å²) in [6, 6.07) is 3.73. The number of hydrogen-bond acceptors (Lipinski definition) is 5. The molecule has 6 heteroatoms. The first-order valence-electron chi connectivity index (χ1n) is 4.42. The number of aromatic hydroxyl groups is 1. The molecule has 0 heterocycles. The van der Waals surface area contributed by atoms with Gasteiger partial charge in [0.05, 0.1) is 12.2 Å². The zero-order chi connectivity index (χ0) is 11.4. The second kappa shape index (κ2) is 4.81. The molecule has 0 aromatic heterocycles. The molecule has 0 unspecified atom stereocenters. The predicted octanol–water partition coefficient (Wildman–Crippen LogP) is -0.751. The van der Waals surface area contributed by atoms with Gasteiger partial charge in [0.15, 0.2) is 0 Å². The zero-order valence-electron chi connectivity index (χ0n) is 8.17. The van der Waals surface area contributed by atoms with Gasteiger partial charge >= 0.3 is 13.1 Å². The highest BCUT2D eigenvalue weighted by molar-refractivity contribution is 6.59. The molecule has 15 heavy (non-hydrogen) atoms. The van der Waals surface area contributed by atoms with Gasteiger partial charge in [0, 0.05) is 5.46 Å². The summed E-state index contributed by atoms with van der Waals surface area (Å²) in [6.07, 6.45) is 0. The average Bonchev–Trinajstić information content (AvgIpc) is 2.18. The molecule has 0 aliphatic carbocycles. The van der Waals surface area contributed by atoms with E-state index >= 15 is 0 Å². The molecule has 0 amide bonds. The second-order valence-electron chi connectivity index (χ2n) is 2.87. The van der Waals surface area contributed by atoms with E-state index < -0.39 is 13.1 Å². The Balaban J connectivity index is 3.02. The summed E-state index contributed by atoms with van der Waals surface area (Å²) in [7, 11) is -1.82. The summed E-state index contributed by atoms with van der Waals surface area (Å²) in [6.45, 7) is 1.90. The van der Waals surface area contributed by atoms with E-state index in [9.17, 15) is 9.90 Å². The summed E-state index contributed by atoms with van der Waals surface area (Å²) >= 11 is 0. The number of carbonyl (C=O) groups excluding carboxylic acids is 1. The number of ether oxygens (including phenoxy) is 1. The van der Waals surface area contributed by atoms with Crippen LogP contribution in [0.4, 0.5) is 0 Å². The Hall–Kier alpha value is -1.53. The molecule has 0 aliphatic heterocycles. The fourth-order valence-corrected chi connectivity index (χ4v) is 1.10. The number of phenols is 1. The first kappa shape index (κ1) is 11.5. The molecule has 3 N–H and O–H groups in total. The summed E-state index contributed by atoms with van der Waals surface area (Å²) in [4.78, 5) is 11.3. The Bertz CT molecular complexity index is 364. The smallest absolute Gasteiger partial charge is 0.492 e. The number of carbonyl (C=O) groups is 1. The third kappa shape index (κ3) is 2.71. The number of phenolic OH excluding ortho intramolecular Hbond substituents is 1. The van der Waals surface area contributed by atoms with Crippen molar-refractivity contribution < 1.29 is 24.7 Å². The molecule has 0 fully saturated rings. The van der Waals surface area contributed by atoms with E-state index in [1.807, 2.05) is 0 Å². The van der Waals surface area contributed by atoms with Crippen LogP contribution in [0.3, 0.4) is 0 Å². The molecule has 0 saturated carbocycles. The van der Waals surface area contributed by atoms with Crippen molar-refractivity contribution in [3.05, 3.63) is 23.8 Å². The minimum Gasteiger partial charge on any atom is -0.508 e. The van der Waals surface area contributed by atoms with E-state index in [1.165, 1.54) is 18.2 Å². The molecular formula is C9H11BO5. The van der Waals surface area contributed by atoms with Gasteiger partial charge in [-0.2, -0.15) is 0 Å². The number of esters is 1.